The minimum absolute atomic E-state index is 0.209. The van der Waals surface area contributed by atoms with Crippen molar-refractivity contribution in [3.05, 3.63) is 73.6 Å². The van der Waals surface area contributed by atoms with E-state index >= 15 is 0 Å². The Balaban J connectivity index is 2.02. The number of imidazole rings is 1. The number of esters is 1. The maximum absolute atomic E-state index is 11.5. The van der Waals surface area contributed by atoms with Crippen LogP contribution in [0, 0.1) is 0 Å². The predicted octanol–water partition coefficient (Wildman–Crippen LogP) is 4.74. The average molecular weight is 376 g/mol. The number of aromatic nitrogens is 2. The lowest BCUT2D eigenvalue weighted by Crippen LogP contribution is -2.05. The molecule has 0 radical (unpaired) electrons. The van der Waals surface area contributed by atoms with E-state index in [0.29, 0.717) is 26.0 Å². The molecule has 0 saturated heterocycles. The molecule has 3 rings (SSSR count). The molecule has 0 unspecified atom stereocenters. The molecule has 0 amide bonds. The first kappa shape index (κ1) is 19.4. The summed E-state index contributed by atoms with van der Waals surface area (Å²) >= 11 is 0. The van der Waals surface area contributed by atoms with Crippen molar-refractivity contribution in [2.24, 2.45) is 0 Å². The van der Waals surface area contributed by atoms with E-state index in [1.807, 2.05) is 60.9 Å². The number of rotatable bonds is 9. The second-order valence-corrected chi connectivity index (χ2v) is 6.28. The van der Waals surface area contributed by atoms with Crippen LogP contribution in [0.3, 0.4) is 0 Å². The molecule has 0 aliphatic carbocycles. The zero-order valence-electron chi connectivity index (χ0n) is 16.0. The summed E-state index contributed by atoms with van der Waals surface area (Å²) in [5, 5.41) is 0. The molecule has 0 aliphatic rings. The number of benzene rings is 2. The third-order valence-electron chi connectivity index (χ3n) is 4.39. The maximum atomic E-state index is 11.5. The van der Waals surface area contributed by atoms with Crippen LogP contribution in [0.1, 0.15) is 12.8 Å². The van der Waals surface area contributed by atoms with Crippen LogP contribution in [0.4, 0.5) is 0 Å². The van der Waals surface area contributed by atoms with Gasteiger partial charge in [0.2, 0.25) is 0 Å². The second-order valence-electron chi connectivity index (χ2n) is 6.28. The molecule has 0 aliphatic heterocycles. The quantitative estimate of drug-likeness (QED) is 0.400. The van der Waals surface area contributed by atoms with Crippen LogP contribution < -0.4 is 4.74 Å². The summed E-state index contributed by atoms with van der Waals surface area (Å²) in [6, 6.07) is 18.0. The van der Waals surface area contributed by atoms with Crippen molar-refractivity contribution in [3.8, 4) is 28.3 Å². The minimum atomic E-state index is -0.209. The standard InChI is InChI=1S/C23H24N2O3/c1-3-16-28-20-13-8-7-12-19(20)23-22(18-10-5-4-6-11-18)24-17-25(23)15-9-14-21(26)27-2/h3-8,10-13,17H,1,9,14-16H2,2H3. The Morgan fingerprint density at radius 1 is 1.14 bits per heavy atom. The highest BCUT2D eigenvalue weighted by molar-refractivity contribution is 5.81. The van der Waals surface area contributed by atoms with Gasteiger partial charge in [-0.3, -0.25) is 4.79 Å². The van der Waals surface area contributed by atoms with Crippen LogP contribution in [0.2, 0.25) is 0 Å². The molecule has 5 heteroatoms. The van der Waals surface area contributed by atoms with Crippen molar-refractivity contribution in [1.29, 1.82) is 0 Å². The molecule has 1 heterocycles. The van der Waals surface area contributed by atoms with Gasteiger partial charge in [-0.1, -0.05) is 55.1 Å². The Kier molecular flexibility index (Phi) is 6.63. The Morgan fingerprint density at radius 2 is 1.89 bits per heavy atom. The SMILES string of the molecule is C=CCOc1ccccc1-c1c(-c2ccccc2)ncn1CCCC(=O)OC. The summed E-state index contributed by atoms with van der Waals surface area (Å²) in [6.45, 7) is 4.81. The van der Waals surface area contributed by atoms with Crippen molar-refractivity contribution < 1.29 is 14.3 Å². The molecular weight excluding hydrogens is 352 g/mol. The topological polar surface area (TPSA) is 53.4 Å². The van der Waals surface area contributed by atoms with Gasteiger partial charge < -0.3 is 14.0 Å². The first-order valence-electron chi connectivity index (χ1n) is 9.25. The number of para-hydroxylation sites is 1. The molecule has 5 nitrogen and oxygen atoms in total. The summed E-state index contributed by atoms with van der Waals surface area (Å²) < 4.78 is 12.7. The smallest absolute Gasteiger partial charge is 0.305 e. The predicted molar refractivity (Wildman–Crippen MR) is 110 cm³/mol. The van der Waals surface area contributed by atoms with E-state index in [1.54, 1.807) is 6.08 Å². The molecule has 2 aromatic carbocycles. The van der Waals surface area contributed by atoms with E-state index in [1.165, 1.54) is 7.11 Å². The summed E-state index contributed by atoms with van der Waals surface area (Å²) in [5.41, 5.74) is 3.84. The van der Waals surface area contributed by atoms with Gasteiger partial charge in [-0.25, -0.2) is 4.98 Å². The van der Waals surface area contributed by atoms with E-state index in [-0.39, 0.29) is 5.97 Å². The zero-order valence-corrected chi connectivity index (χ0v) is 16.0. The number of nitrogens with zero attached hydrogens (tertiary/aromatic N) is 2. The lowest BCUT2D eigenvalue weighted by Gasteiger charge is -2.14. The third-order valence-corrected chi connectivity index (χ3v) is 4.39. The van der Waals surface area contributed by atoms with Gasteiger partial charge in [0.1, 0.15) is 12.4 Å². The number of carbonyl (C=O) groups excluding carboxylic acids is 1. The minimum Gasteiger partial charge on any atom is -0.489 e. The van der Waals surface area contributed by atoms with E-state index in [2.05, 4.69) is 16.1 Å². The normalized spacial score (nSPS) is 10.5. The summed E-state index contributed by atoms with van der Waals surface area (Å²) in [5.74, 6) is 0.564. The van der Waals surface area contributed by atoms with E-state index in [9.17, 15) is 4.79 Å². The van der Waals surface area contributed by atoms with Crippen LogP contribution in [0.25, 0.3) is 22.5 Å². The molecule has 0 spiro atoms. The molecule has 0 saturated carbocycles. The molecule has 144 valence electrons. The lowest BCUT2D eigenvalue weighted by molar-refractivity contribution is -0.140. The molecule has 0 fully saturated rings. The van der Waals surface area contributed by atoms with Gasteiger partial charge in [-0.2, -0.15) is 0 Å². The molecule has 28 heavy (non-hydrogen) atoms. The average Bonchev–Trinajstić information content (AvgIpc) is 3.16. The lowest BCUT2D eigenvalue weighted by atomic mass is 10.0. The van der Waals surface area contributed by atoms with Gasteiger partial charge in [0, 0.05) is 24.1 Å². The highest BCUT2D eigenvalue weighted by atomic mass is 16.5. The number of hydrogen-bond acceptors (Lipinski definition) is 4. The van der Waals surface area contributed by atoms with Crippen molar-refractivity contribution >= 4 is 5.97 Å². The molecule has 1 aromatic heterocycles. The molecular formula is C23H24N2O3. The van der Waals surface area contributed by atoms with Gasteiger partial charge >= 0.3 is 5.97 Å². The van der Waals surface area contributed by atoms with Gasteiger partial charge in [0.15, 0.2) is 0 Å². The largest absolute Gasteiger partial charge is 0.489 e. The highest BCUT2D eigenvalue weighted by Gasteiger charge is 2.18. The number of ether oxygens (including phenoxy) is 2. The van der Waals surface area contributed by atoms with Crippen molar-refractivity contribution in [2.75, 3.05) is 13.7 Å². The van der Waals surface area contributed by atoms with E-state index in [4.69, 9.17) is 9.47 Å². The van der Waals surface area contributed by atoms with Gasteiger partial charge in [0.25, 0.3) is 0 Å². The Hall–Kier alpha value is -3.34. The zero-order chi connectivity index (χ0) is 19.8. The van der Waals surface area contributed by atoms with E-state index < -0.39 is 0 Å². The Labute approximate surface area is 165 Å². The van der Waals surface area contributed by atoms with Crippen LogP contribution in [0.5, 0.6) is 5.75 Å². The van der Waals surface area contributed by atoms with Crippen LogP contribution >= 0.6 is 0 Å². The number of aryl methyl sites for hydroxylation is 1. The fourth-order valence-corrected chi connectivity index (χ4v) is 3.07. The molecule has 3 aromatic rings. The van der Waals surface area contributed by atoms with Crippen molar-refractivity contribution in [3.63, 3.8) is 0 Å². The molecule has 0 atom stereocenters. The number of methoxy groups -OCH3 is 1. The molecule has 0 N–H and O–H groups in total. The second kappa shape index (κ2) is 9.55. The van der Waals surface area contributed by atoms with E-state index in [0.717, 1.165) is 28.3 Å². The van der Waals surface area contributed by atoms with Crippen molar-refractivity contribution in [1.82, 2.24) is 9.55 Å². The third kappa shape index (κ3) is 4.49. The van der Waals surface area contributed by atoms with Crippen LogP contribution in [0.15, 0.2) is 73.6 Å². The first-order valence-corrected chi connectivity index (χ1v) is 9.25. The van der Waals surface area contributed by atoms with Crippen LogP contribution in [-0.2, 0) is 16.1 Å². The molecule has 0 bridgehead atoms. The van der Waals surface area contributed by atoms with Crippen LogP contribution in [-0.4, -0.2) is 29.2 Å². The van der Waals surface area contributed by atoms with Gasteiger partial charge in [-0.15, -0.1) is 0 Å². The van der Waals surface area contributed by atoms with Gasteiger partial charge in [0.05, 0.1) is 24.8 Å². The number of carbonyl (C=O) groups is 1. The number of hydrogen-bond donors (Lipinski definition) is 0. The maximum Gasteiger partial charge on any atom is 0.305 e. The first-order chi connectivity index (χ1) is 13.7. The fourth-order valence-electron chi connectivity index (χ4n) is 3.07. The summed E-state index contributed by atoms with van der Waals surface area (Å²) in [7, 11) is 1.41. The monoisotopic (exact) mass is 376 g/mol. The highest BCUT2D eigenvalue weighted by Crippen LogP contribution is 2.37. The summed E-state index contributed by atoms with van der Waals surface area (Å²) in [4.78, 5) is 16.2. The fraction of sp³-hybridized carbons (Fsp3) is 0.217. The van der Waals surface area contributed by atoms with Crippen molar-refractivity contribution in [2.45, 2.75) is 19.4 Å². The van der Waals surface area contributed by atoms with Gasteiger partial charge in [-0.05, 0) is 18.6 Å². The Morgan fingerprint density at radius 3 is 2.64 bits per heavy atom. The summed E-state index contributed by atoms with van der Waals surface area (Å²) in [6.07, 6.45) is 4.57. The Bertz CT molecular complexity index is 932.